The van der Waals surface area contributed by atoms with Crippen molar-refractivity contribution >= 4 is 5.91 Å². The van der Waals surface area contributed by atoms with E-state index in [4.69, 9.17) is 4.74 Å². The first-order valence-electron chi connectivity index (χ1n) is 7.52. The van der Waals surface area contributed by atoms with E-state index >= 15 is 0 Å². The van der Waals surface area contributed by atoms with Crippen LogP contribution in [-0.4, -0.2) is 31.6 Å². The van der Waals surface area contributed by atoms with Crippen LogP contribution >= 0.6 is 0 Å². The van der Waals surface area contributed by atoms with Crippen molar-refractivity contribution < 1.29 is 9.53 Å². The van der Waals surface area contributed by atoms with Crippen LogP contribution in [0, 0.1) is 5.92 Å². The molecular weight excluding hydrogens is 252 g/mol. The number of piperidine rings is 1. The Bertz CT molecular complexity index is 469. The second-order valence-electron chi connectivity index (χ2n) is 5.78. The third-order valence-electron chi connectivity index (χ3n) is 4.18. The molecule has 0 radical (unpaired) electrons. The largest absolute Gasteiger partial charge is 0.491 e. The molecule has 1 aromatic carbocycles. The van der Waals surface area contributed by atoms with Gasteiger partial charge in [0.1, 0.15) is 12.4 Å². The molecule has 20 heavy (non-hydrogen) atoms. The zero-order chi connectivity index (χ0) is 13.8. The van der Waals surface area contributed by atoms with Crippen molar-refractivity contribution in [2.75, 3.05) is 19.7 Å². The van der Waals surface area contributed by atoms with Gasteiger partial charge in [-0.2, -0.15) is 0 Å². The number of nitrogens with one attached hydrogen (secondary N) is 2. The monoisotopic (exact) mass is 274 g/mol. The van der Waals surface area contributed by atoms with Gasteiger partial charge in [-0.05, 0) is 49.9 Å². The van der Waals surface area contributed by atoms with E-state index in [-0.39, 0.29) is 11.9 Å². The molecule has 1 fully saturated rings. The van der Waals surface area contributed by atoms with Crippen LogP contribution in [-0.2, 0) is 11.2 Å². The molecular formula is C16H22N2O2. The maximum Gasteiger partial charge on any atom is 0.220 e. The fourth-order valence-corrected chi connectivity index (χ4v) is 3.06. The van der Waals surface area contributed by atoms with Gasteiger partial charge in [-0.3, -0.25) is 4.79 Å². The van der Waals surface area contributed by atoms with Crippen LogP contribution in [0.4, 0.5) is 0 Å². The van der Waals surface area contributed by atoms with Crippen LogP contribution in [0.2, 0.25) is 0 Å². The summed E-state index contributed by atoms with van der Waals surface area (Å²) in [5.74, 6) is 1.66. The van der Waals surface area contributed by atoms with E-state index in [0.29, 0.717) is 18.9 Å². The van der Waals surface area contributed by atoms with Gasteiger partial charge in [-0.15, -0.1) is 0 Å². The van der Waals surface area contributed by atoms with E-state index in [0.717, 1.165) is 38.1 Å². The maximum absolute atomic E-state index is 12.1. The van der Waals surface area contributed by atoms with Crippen LogP contribution in [0.1, 0.15) is 24.8 Å². The van der Waals surface area contributed by atoms with Gasteiger partial charge in [-0.1, -0.05) is 18.2 Å². The zero-order valence-electron chi connectivity index (χ0n) is 11.7. The fraction of sp³-hybridized carbons (Fsp3) is 0.562. The molecule has 0 aromatic heterocycles. The van der Waals surface area contributed by atoms with Gasteiger partial charge in [0.2, 0.25) is 5.91 Å². The van der Waals surface area contributed by atoms with E-state index in [1.54, 1.807) is 0 Å². The van der Waals surface area contributed by atoms with E-state index in [9.17, 15) is 4.79 Å². The highest BCUT2D eigenvalue weighted by Gasteiger charge is 2.23. The highest BCUT2D eigenvalue weighted by atomic mass is 16.5. The quantitative estimate of drug-likeness (QED) is 0.878. The van der Waals surface area contributed by atoms with Crippen molar-refractivity contribution in [1.82, 2.24) is 10.6 Å². The number of carbonyl (C=O) groups is 1. The molecule has 1 unspecified atom stereocenters. The van der Waals surface area contributed by atoms with Crippen LogP contribution in [0.5, 0.6) is 5.75 Å². The molecule has 1 amide bonds. The molecule has 2 aliphatic heterocycles. The summed E-state index contributed by atoms with van der Waals surface area (Å²) >= 11 is 0. The molecule has 2 aliphatic rings. The standard InChI is InChI=1S/C16H22N2O2/c19-16(9-12-5-7-17-8-6-12)18-14-10-13-3-1-2-4-15(13)20-11-14/h1-4,12,14,17H,5-11H2,(H,18,19). The summed E-state index contributed by atoms with van der Waals surface area (Å²) < 4.78 is 5.70. The lowest BCUT2D eigenvalue weighted by Crippen LogP contribution is -2.43. The summed E-state index contributed by atoms with van der Waals surface area (Å²) in [6.45, 7) is 2.66. The smallest absolute Gasteiger partial charge is 0.220 e. The molecule has 1 atom stereocenters. The molecule has 2 N–H and O–H groups in total. The number of ether oxygens (including phenoxy) is 1. The lowest BCUT2D eigenvalue weighted by Gasteiger charge is -2.27. The highest BCUT2D eigenvalue weighted by molar-refractivity contribution is 5.76. The van der Waals surface area contributed by atoms with Crippen LogP contribution in [0.25, 0.3) is 0 Å². The zero-order valence-corrected chi connectivity index (χ0v) is 11.7. The first-order chi connectivity index (χ1) is 9.81. The molecule has 0 bridgehead atoms. The van der Waals surface area contributed by atoms with E-state index < -0.39 is 0 Å². The Kier molecular flexibility index (Phi) is 4.21. The Morgan fingerprint density at radius 1 is 1.30 bits per heavy atom. The van der Waals surface area contributed by atoms with Gasteiger partial charge >= 0.3 is 0 Å². The topological polar surface area (TPSA) is 50.4 Å². The summed E-state index contributed by atoms with van der Waals surface area (Å²) in [7, 11) is 0. The minimum absolute atomic E-state index is 0.110. The molecule has 108 valence electrons. The minimum atomic E-state index is 0.110. The highest BCUT2D eigenvalue weighted by Crippen LogP contribution is 2.24. The van der Waals surface area contributed by atoms with E-state index in [1.807, 2.05) is 18.2 Å². The first-order valence-corrected chi connectivity index (χ1v) is 7.52. The summed E-state index contributed by atoms with van der Waals surface area (Å²) in [5, 5.41) is 6.45. The number of amides is 1. The van der Waals surface area contributed by atoms with Gasteiger partial charge < -0.3 is 15.4 Å². The van der Waals surface area contributed by atoms with E-state index in [1.165, 1.54) is 5.56 Å². The molecule has 0 saturated carbocycles. The number of hydrogen-bond acceptors (Lipinski definition) is 3. The third kappa shape index (κ3) is 3.31. The molecule has 1 saturated heterocycles. The van der Waals surface area contributed by atoms with Crippen molar-refractivity contribution in [2.45, 2.75) is 31.7 Å². The van der Waals surface area contributed by atoms with Crippen molar-refractivity contribution in [3.05, 3.63) is 29.8 Å². The fourth-order valence-electron chi connectivity index (χ4n) is 3.06. The minimum Gasteiger partial charge on any atom is -0.491 e. The van der Waals surface area contributed by atoms with Gasteiger partial charge in [0, 0.05) is 6.42 Å². The van der Waals surface area contributed by atoms with Gasteiger partial charge in [-0.25, -0.2) is 0 Å². The van der Waals surface area contributed by atoms with Gasteiger partial charge in [0.05, 0.1) is 6.04 Å². The van der Waals surface area contributed by atoms with E-state index in [2.05, 4.69) is 16.7 Å². The van der Waals surface area contributed by atoms with Crippen molar-refractivity contribution in [3.8, 4) is 5.75 Å². The number of carbonyl (C=O) groups excluding carboxylic acids is 1. The molecule has 1 aromatic rings. The number of hydrogen-bond donors (Lipinski definition) is 2. The van der Waals surface area contributed by atoms with Gasteiger partial charge in [0.25, 0.3) is 0 Å². The number of fused-ring (bicyclic) bond motifs is 1. The lowest BCUT2D eigenvalue weighted by atomic mass is 9.94. The second kappa shape index (κ2) is 6.27. The third-order valence-corrected chi connectivity index (χ3v) is 4.18. The molecule has 0 aliphatic carbocycles. The Morgan fingerprint density at radius 3 is 2.95 bits per heavy atom. The van der Waals surface area contributed by atoms with Crippen molar-refractivity contribution in [1.29, 1.82) is 0 Å². The average Bonchev–Trinajstić information content (AvgIpc) is 2.48. The Morgan fingerprint density at radius 2 is 2.10 bits per heavy atom. The Labute approximate surface area is 119 Å². The van der Waals surface area contributed by atoms with Gasteiger partial charge in [0.15, 0.2) is 0 Å². The second-order valence-corrected chi connectivity index (χ2v) is 5.78. The van der Waals surface area contributed by atoms with Crippen LogP contribution in [0.3, 0.4) is 0 Å². The predicted octanol–water partition coefficient (Wildman–Crippen LogP) is 1.50. The Balaban J connectivity index is 1.50. The van der Waals surface area contributed by atoms with Crippen molar-refractivity contribution in [2.24, 2.45) is 5.92 Å². The number of para-hydroxylation sites is 1. The summed E-state index contributed by atoms with van der Waals surface area (Å²) in [6, 6.07) is 8.16. The molecule has 3 rings (SSSR count). The van der Waals surface area contributed by atoms with Crippen molar-refractivity contribution in [3.63, 3.8) is 0 Å². The number of rotatable bonds is 3. The van der Waals surface area contributed by atoms with Crippen LogP contribution < -0.4 is 15.4 Å². The Hall–Kier alpha value is -1.55. The molecule has 4 heteroatoms. The summed E-state index contributed by atoms with van der Waals surface area (Å²) in [6.07, 6.45) is 3.74. The lowest BCUT2D eigenvalue weighted by molar-refractivity contribution is -0.123. The summed E-state index contributed by atoms with van der Waals surface area (Å²) in [4.78, 5) is 12.1. The molecule has 0 spiro atoms. The maximum atomic E-state index is 12.1. The average molecular weight is 274 g/mol. The first kappa shape index (κ1) is 13.4. The molecule has 2 heterocycles. The predicted molar refractivity (Wildman–Crippen MR) is 77.8 cm³/mol. The van der Waals surface area contributed by atoms with Crippen LogP contribution in [0.15, 0.2) is 24.3 Å². The molecule has 4 nitrogen and oxygen atoms in total. The number of benzene rings is 1. The summed E-state index contributed by atoms with van der Waals surface area (Å²) in [5.41, 5.74) is 1.19. The normalized spacial score (nSPS) is 22.7. The SMILES string of the molecule is O=C(CC1CCNCC1)NC1COc2ccccc2C1.